The van der Waals surface area contributed by atoms with E-state index in [1.54, 1.807) is 11.3 Å². The van der Waals surface area contributed by atoms with Crippen LogP contribution in [0.15, 0.2) is 48.9 Å². The highest BCUT2D eigenvalue weighted by atomic mass is 32.1. The minimum Gasteiger partial charge on any atom is -0.316 e. The number of likely N-dealkylation sites (tertiary alicyclic amines) is 1. The molecule has 0 bridgehead atoms. The fourth-order valence-corrected chi connectivity index (χ4v) is 4.08. The maximum atomic E-state index is 4.84. The lowest BCUT2D eigenvalue weighted by atomic mass is 9.93. The van der Waals surface area contributed by atoms with Crippen LogP contribution in [-0.4, -0.2) is 32.9 Å². The van der Waals surface area contributed by atoms with Crippen LogP contribution in [-0.2, 0) is 6.54 Å². The smallest absolute Gasteiger partial charge is 0.188 e. The van der Waals surface area contributed by atoms with Crippen LogP contribution in [0.2, 0.25) is 0 Å². The number of nitrogens with one attached hydrogen (secondary N) is 1. The normalized spacial score (nSPS) is 15.9. The van der Waals surface area contributed by atoms with Crippen molar-refractivity contribution in [2.75, 3.05) is 18.4 Å². The molecule has 0 aromatic carbocycles. The number of thiazole rings is 1. The van der Waals surface area contributed by atoms with Crippen molar-refractivity contribution >= 4 is 22.3 Å². The number of aryl methyl sites for hydroxylation is 1. The lowest BCUT2D eigenvalue weighted by Crippen LogP contribution is -2.32. The maximum Gasteiger partial charge on any atom is 0.188 e. The van der Waals surface area contributed by atoms with Gasteiger partial charge in [0, 0.05) is 41.6 Å². The van der Waals surface area contributed by atoms with Gasteiger partial charge < -0.3 is 5.32 Å². The Labute approximate surface area is 158 Å². The van der Waals surface area contributed by atoms with Crippen molar-refractivity contribution in [2.24, 2.45) is 0 Å². The van der Waals surface area contributed by atoms with Gasteiger partial charge in [-0.25, -0.2) is 9.97 Å². The standard InChI is InChI=1S/C20H23N5S/c1-15-12-22-20(26-15)24-19-6-2-5-18(23-19)17-7-10-25(11-8-17)14-16-4-3-9-21-13-16/h2-6,9,12-13,17H,7-8,10-11,14H2,1H3,(H,22,23,24). The molecule has 0 unspecified atom stereocenters. The van der Waals surface area contributed by atoms with E-state index in [1.165, 1.54) is 16.1 Å². The maximum absolute atomic E-state index is 4.84. The molecule has 0 amide bonds. The molecule has 4 heterocycles. The summed E-state index contributed by atoms with van der Waals surface area (Å²) in [5.74, 6) is 1.41. The second-order valence-corrected chi connectivity index (χ2v) is 8.00. The number of hydrogen-bond donors (Lipinski definition) is 1. The van der Waals surface area contributed by atoms with Crippen molar-refractivity contribution in [3.63, 3.8) is 0 Å². The molecule has 3 aromatic heterocycles. The number of aromatic nitrogens is 3. The topological polar surface area (TPSA) is 53.9 Å². The van der Waals surface area contributed by atoms with E-state index >= 15 is 0 Å². The molecule has 4 rings (SSSR count). The lowest BCUT2D eigenvalue weighted by Gasteiger charge is -2.31. The second kappa shape index (κ2) is 7.93. The van der Waals surface area contributed by atoms with Gasteiger partial charge >= 0.3 is 0 Å². The van der Waals surface area contributed by atoms with Crippen LogP contribution in [0.25, 0.3) is 0 Å². The van der Waals surface area contributed by atoms with Crippen molar-refractivity contribution in [3.05, 3.63) is 65.1 Å². The molecule has 0 spiro atoms. The van der Waals surface area contributed by atoms with Gasteiger partial charge in [0.2, 0.25) is 0 Å². The van der Waals surface area contributed by atoms with Gasteiger partial charge in [-0.3, -0.25) is 9.88 Å². The van der Waals surface area contributed by atoms with Crippen molar-refractivity contribution in [1.82, 2.24) is 19.9 Å². The van der Waals surface area contributed by atoms with Gasteiger partial charge in [0.25, 0.3) is 0 Å². The van der Waals surface area contributed by atoms with E-state index in [1.807, 2.05) is 30.7 Å². The minimum atomic E-state index is 0.528. The van der Waals surface area contributed by atoms with Gasteiger partial charge in [0.05, 0.1) is 0 Å². The molecule has 3 aromatic rings. The molecule has 1 fully saturated rings. The summed E-state index contributed by atoms with van der Waals surface area (Å²) >= 11 is 1.65. The first kappa shape index (κ1) is 17.1. The van der Waals surface area contributed by atoms with E-state index in [4.69, 9.17) is 4.98 Å². The summed E-state index contributed by atoms with van der Waals surface area (Å²) < 4.78 is 0. The zero-order valence-electron chi connectivity index (χ0n) is 14.9. The molecule has 0 saturated carbocycles. The summed E-state index contributed by atoms with van der Waals surface area (Å²) in [6, 6.07) is 10.4. The van der Waals surface area contributed by atoms with E-state index in [-0.39, 0.29) is 0 Å². The van der Waals surface area contributed by atoms with Gasteiger partial charge in [-0.2, -0.15) is 0 Å². The van der Waals surface area contributed by atoms with Crippen molar-refractivity contribution in [1.29, 1.82) is 0 Å². The third kappa shape index (κ3) is 4.26. The molecular formula is C20H23N5S. The predicted molar refractivity (Wildman–Crippen MR) is 106 cm³/mol. The molecule has 134 valence electrons. The SMILES string of the molecule is Cc1cnc(Nc2cccc(C3CCN(Cc4cccnc4)CC3)n2)s1. The van der Waals surface area contributed by atoms with E-state index in [0.717, 1.165) is 43.4 Å². The van der Waals surface area contributed by atoms with Crippen molar-refractivity contribution in [3.8, 4) is 0 Å². The minimum absolute atomic E-state index is 0.528. The van der Waals surface area contributed by atoms with E-state index in [0.29, 0.717) is 5.92 Å². The molecular weight excluding hydrogens is 342 g/mol. The van der Waals surface area contributed by atoms with Crippen LogP contribution in [0.3, 0.4) is 0 Å². The number of hydrogen-bond acceptors (Lipinski definition) is 6. The van der Waals surface area contributed by atoms with Gasteiger partial charge in [-0.15, -0.1) is 11.3 Å². The molecule has 26 heavy (non-hydrogen) atoms. The first-order valence-corrected chi connectivity index (χ1v) is 9.85. The molecule has 1 saturated heterocycles. The molecule has 6 heteroatoms. The first-order chi connectivity index (χ1) is 12.8. The molecule has 1 aliphatic rings. The number of rotatable bonds is 5. The highest BCUT2D eigenvalue weighted by Crippen LogP contribution is 2.29. The third-order valence-corrected chi connectivity index (χ3v) is 5.59. The van der Waals surface area contributed by atoms with Crippen molar-refractivity contribution in [2.45, 2.75) is 32.2 Å². The summed E-state index contributed by atoms with van der Waals surface area (Å²) in [6.07, 6.45) is 7.97. The summed E-state index contributed by atoms with van der Waals surface area (Å²) in [5.41, 5.74) is 2.47. The predicted octanol–water partition coefficient (Wildman–Crippen LogP) is 4.36. The fourth-order valence-electron chi connectivity index (χ4n) is 3.41. The molecule has 0 aliphatic carbocycles. The molecule has 1 aliphatic heterocycles. The van der Waals surface area contributed by atoms with E-state index in [2.05, 4.69) is 45.3 Å². The summed E-state index contributed by atoms with van der Waals surface area (Å²) in [4.78, 5) is 17.1. The molecule has 0 atom stereocenters. The van der Waals surface area contributed by atoms with Gasteiger partial charge in [-0.1, -0.05) is 12.1 Å². The number of pyridine rings is 2. The number of anilines is 2. The van der Waals surface area contributed by atoms with Crippen LogP contribution in [0.1, 0.15) is 34.9 Å². The zero-order chi connectivity index (χ0) is 17.8. The Balaban J connectivity index is 1.36. The largest absolute Gasteiger partial charge is 0.316 e. The lowest BCUT2D eigenvalue weighted by molar-refractivity contribution is 0.203. The van der Waals surface area contributed by atoms with E-state index in [9.17, 15) is 0 Å². The average Bonchev–Trinajstić information content (AvgIpc) is 3.08. The van der Waals surface area contributed by atoms with Crippen molar-refractivity contribution < 1.29 is 0 Å². The Morgan fingerprint density at radius 3 is 2.77 bits per heavy atom. The third-order valence-electron chi connectivity index (χ3n) is 4.76. The Morgan fingerprint density at radius 2 is 2.04 bits per heavy atom. The van der Waals surface area contributed by atoms with Gasteiger partial charge in [0.1, 0.15) is 5.82 Å². The second-order valence-electron chi connectivity index (χ2n) is 6.76. The number of nitrogens with zero attached hydrogens (tertiary/aromatic N) is 4. The highest BCUT2D eigenvalue weighted by Gasteiger charge is 2.22. The zero-order valence-corrected chi connectivity index (χ0v) is 15.7. The van der Waals surface area contributed by atoms with Crippen LogP contribution >= 0.6 is 11.3 Å². The Morgan fingerprint density at radius 1 is 1.15 bits per heavy atom. The van der Waals surface area contributed by atoms with Crippen LogP contribution < -0.4 is 5.32 Å². The first-order valence-electron chi connectivity index (χ1n) is 9.04. The Kier molecular flexibility index (Phi) is 5.22. The number of piperidine rings is 1. The van der Waals surface area contributed by atoms with Crippen LogP contribution in [0.4, 0.5) is 10.9 Å². The van der Waals surface area contributed by atoms with Gasteiger partial charge in [0.15, 0.2) is 5.13 Å². The van der Waals surface area contributed by atoms with E-state index < -0.39 is 0 Å². The fraction of sp³-hybridized carbons (Fsp3) is 0.350. The molecule has 0 radical (unpaired) electrons. The molecule has 1 N–H and O–H groups in total. The summed E-state index contributed by atoms with van der Waals surface area (Å²) in [5, 5.41) is 4.23. The quantitative estimate of drug-likeness (QED) is 0.728. The van der Waals surface area contributed by atoms with Crippen LogP contribution in [0, 0.1) is 6.92 Å². The Hall–Kier alpha value is -2.31. The van der Waals surface area contributed by atoms with Gasteiger partial charge in [-0.05, 0) is 56.6 Å². The highest BCUT2D eigenvalue weighted by molar-refractivity contribution is 7.15. The summed E-state index contributed by atoms with van der Waals surface area (Å²) in [7, 11) is 0. The Bertz CT molecular complexity index is 840. The molecule has 5 nitrogen and oxygen atoms in total. The van der Waals surface area contributed by atoms with Crippen LogP contribution in [0.5, 0.6) is 0 Å². The monoisotopic (exact) mass is 365 g/mol. The summed E-state index contributed by atoms with van der Waals surface area (Å²) in [6.45, 7) is 5.25. The average molecular weight is 366 g/mol.